The van der Waals surface area contributed by atoms with E-state index in [9.17, 15) is 9.59 Å². The average molecular weight is 466 g/mol. The Morgan fingerprint density at radius 1 is 1.03 bits per heavy atom. The third-order valence-corrected chi connectivity index (χ3v) is 4.58. The normalized spacial score (nSPS) is 10.1. The number of benzene rings is 1. The Balaban J connectivity index is 0.000000751. The van der Waals surface area contributed by atoms with E-state index < -0.39 is 11.9 Å². The first-order chi connectivity index (χ1) is 15.1. The molecule has 11 heteroatoms. The van der Waals surface area contributed by atoms with Crippen molar-refractivity contribution >= 4 is 41.2 Å². The minimum atomic E-state index is -1.82. The minimum absolute atomic E-state index is 0.149. The monoisotopic (exact) mass is 465 g/mol. The number of rotatable bonds is 9. The molecule has 2 aromatic rings. The molecule has 0 aliphatic heterocycles. The summed E-state index contributed by atoms with van der Waals surface area (Å²) in [5.74, 6) is -0.485. The van der Waals surface area contributed by atoms with Crippen molar-refractivity contribution in [1.82, 2.24) is 10.2 Å². The first kappa shape index (κ1) is 26.7. The molecule has 0 unspecified atom stereocenters. The average Bonchev–Trinajstić information content (AvgIpc) is 3.14. The third-order valence-electron chi connectivity index (χ3n) is 3.59. The van der Waals surface area contributed by atoms with Crippen LogP contribution in [0.25, 0.3) is 0 Å². The van der Waals surface area contributed by atoms with E-state index in [4.69, 9.17) is 24.2 Å². The van der Waals surface area contributed by atoms with Gasteiger partial charge in [0.2, 0.25) is 5.91 Å². The zero-order valence-corrected chi connectivity index (χ0v) is 18.9. The van der Waals surface area contributed by atoms with E-state index in [2.05, 4.69) is 15.5 Å². The summed E-state index contributed by atoms with van der Waals surface area (Å²) in [4.78, 5) is 43.5. The number of carbonyl (C=O) groups excluding carboxylic acids is 2. The zero-order valence-electron chi connectivity index (χ0n) is 18.1. The van der Waals surface area contributed by atoms with Crippen LogP contribution >= 0.6 is 11.8 Å². The molecule has 0 atom stereocenters. The summed E-state index contributed by atoms with van der Waals surface area (Å²) in [6.45, 7) is 2.80. The number of amides is 2. The molecule has 174 valence electrons. The predicted molar refractivity (Wildman–Crippen MR) is 121 cm³/mol. The van der Waals surface area contributed by atoms with Crippen LogP contribution in [-0.4, -0.2) is 65.3 Å². The molecule has 1 aromatic carbocycles. The number of hydrogen-bond donors (Lipinski definition) is 4. The van der Waals surface area contributed by atoms with Crippen LogP contribution in [0.2, 0.25) is 0 Å². The van der Waals surface area contributed by atoms with E-state index in [0.717, 1.165) is 29.6 Å². The molecule has 4 N–H and O–H groups in total. The molecule has 0 bridgehead atoms. The van der Waals surface area contributed by atoms with E-state index in [0.29, 0.717) is 17.8 Å². The van der Waals surface area contributed by atoms with Crippen LogP contribution in [0, 0.1) is 0 Å². The molecule has 2 rings (SSSR count). The second-order valence-corrected chi connectivity index (χ2v) is 7.89. The van der Waals surface area contributed by atoms with Crippen molar-refractivity contribution in [3.63, 3.8) is 0 Å². The maximum atomic E-state index is 12.2. The first-order valence-electron chi connectivity index (χ1n) is 9.50. The van der Waals surface area contributed by atoms with Gasteiger partial charge in [-0.15, -0.1) is 0 Å². The fraction of sp³-hybridized carbons (Fsp3) is 0.333. The number of thioether (sulfide) groups is 1. The third kappa shape index (κ3) is 11.2. The Morgan fingerprint density at radius 2 is 1.69 bits per heavy atom. The van der Waals surface area contributed by atoms with Crippen molar-refractivity contribution < 1.29 is 33.8 Å². The van der Waals surface area contributed by atoms with Gasteiger partial charge in [-0.2, -0.15) is 11.8 Å². The molecule has 1 heterocycles. The lowest BCUT2D eigenvalue weighted by atomic mass is 10.2. The molecule has 0 saturated heterocycles. The Hall–Kier alpha value is -3.31. The largest absolute Gasteiger partial charge is 0.473 e. The topological polar surface area (TPSA) is 149 Å². The molecular formula is C21H27N3O7S. The molecule has 0 spiro atoms. The molecular weight excluding hydrogens is 438 g/mol. The van der Waals surface area contributed by atoms with E-state index >= 15 is 0 Å². The summed E-state index contributed by atoms with van der Waals surface area (Å²) in [5, 5.41) is 20.3. The fourth-order valence-electron chi connectivity index (χ4n) is 2.35. The summed E-state index contributed by atoms with van der Waals surface area (Å²) in [6, 6.07) is 10.9. The number of carboxylic acid groups (broad SMARTS) is 2. The highest BCUT2D eigenvalue weighted by Crippen LogP contribution is 2.16. The van der Waals surface area contributed by atoms with Crippen molar-refractivity contribution in [3.8, 4) is 0 Å². The molecule has 0 aliphatic rings. The highest BCUT2D eigenvalue weighted by atomic mass is 32.2. The van der Waals surface area contributed by atoms with Crippen molar-refractivity contribution in [3.05, 3.63) is 53.5 Å². The van der Waals surface area contributed by atoms with Crippen LogP contribution in [0.5, 0.6) is 0 Å². The lowest BCUT2D eigenvalue weighted by molar-refractivity contribution is -0.159. The van der Waals surface area contributed by atoms with Crippen LogP contribution in [0.1, 0.15) is 28.8 Å². The van der Waals surface area contributed by atoms with Crippen molar-refractivity contribution in [1.29, 1.82) is 0 Å². The van der Waals surface area contributed by atoms with Gasteiger partial charge in [-0.3, -0.25) is 9.59 Å². The van der Waals surface area contributed by atoms with Crippen molar-refractivity contribution in [2.75, 3.05) is 31.7 Å². The highest BCUT2D eigenvalue weighted by Gasteiger charge is 2.07. The van der Waals surface area contributed by atoms with Crippen LogP contribution in [0.4, 0.5) is 5.69 Å². The smallest absolute Gasteiger partial charge is 0.414 e. The van der Waals surface area contributed by atoms with Crippen molar-refractivity contribution in [2.45, 2.75) is 19.2 Å². The standard InChI is InChI=1S/C19H25N3O3S.C2H2O4/c1-14(23)21-16-6-4-5-15(11-16)19(24)20-9-10-26-13-18-8-7-17(25-18)12-22(2)3;3-1(4)2(5)6/h4-8,11H,9-10,12-13H2,1-3H3,(H,20,24)(H,21,23);(H,3,4)(H,5,6). The molecule has 32 heavy (non-hydrogen) atoms. The predicted octanol–water partition coefficient (Wildman–Crippen LogP) is 2.12. The minimum Gasteiger partial charge on any atom is -0.473 e. The summed E-state index contributed by atoms with van der Waals surface area (Å²) in [5.41, 5.74) is 1.14. The summed E-state index contributed by atoms with van der Waals surface area (Å²) in [6.07, 6.45) is 0. The second kappa shape index (κ2) is 13.9. The Morgan fingerprint density at radius 3 is 2.28 bits per heavy atom. The van der Waals surface area contributed by atoms with Crippen LogP contribution in [-0.2, 0) is 26.7 Å². The number of aliphatic carboxylic acids is 2. The molecule has 10 nitrogen and oxygen atoms in total. The van der Waals surface area contributed by atoms with Crippen LogP contribution in [0.15, 0.2) is 40.8 Å². The van der Waals surface area contributed by atoms with E-state index in [-0.39, 0.29) is 11.8 Å². The van der Waals surface area contributed by atoms with Crippen molar-refractivity contribution in [2.24, 2.45) is 0 Å². The number of anilines is 1. The van der Waals surface area contributed by atoms with Crippen LogP contribution in [0.3, 0.4) is 0 Å². The number of carboxylic acids is 2. The first-order valence-corrected chi connectivity index (χ1v) is 10.7. The Bertz CT molecular complexity index is 916. The van der Waals surface area contributed by atoms with Gasteiger partial charge in [-0.25, -0.2) is 9.59 Å². The van der Waals surface area contributed by atoms with Gasteiger partial charge in [0.15, 0.2) is 0 Å². The van der Waals surface area contributed by atoms with E-state index in [1.165, 1.54) is 6.92 Å². The van der Waals surface area contributed by atoms with Gasteiger partial charge in [-0.1, -0.05) is 6.07 Å². The molecule has 0 fully saturated rings. The molecule has 1 aromatic heterocycles. The van der Waals surface area contributed by atoms with Gasteiger partial charge in [0.25, 0.3) is 5.91 Å². The zero-order chi connectivity index (χ0) is 24.1. The lowest BCUT2D eigenvalue weighted by Gasteiger charge is -2.07. The maximum absolute atomic E-state index is 12.2. The number of furan rings is 1. The summed E-state index contributed by atoms with van der Waals surface area (Å²) in [7, 11) is 4.01. The van der Waals surface area contributed by atoms with Gasteiger partial charge in [-0.05, 0) is 44.4 Å². The molecule has 0 radical (unpaired) electrons. The van der Waals surface area contributed by atoms with Gasteiger partial charge in [0.05, 0.1) is 12.3 Å². The van der Waals surface area contributed by atoms with Gasteiger partial charge in [0.1, 0.15) is 11.5 Å². The number of nitrogens with one attached hydrogen (secondary N) is 2. The Kier molecular flexibility index (Phi) is 11.6. The lowest BCUT2D eigenvalue weighted by Crippen LogP contribution is -2.25. The second-order valence-electron chi connectivity index (χ2n) is 6.79. The number of nitrogens with zero attached hydrogens (tertiary/aromatic N) is 1. The fourth-order valence-corrected chi connectivity index (χ4v) is 3.10. The van der Waals surface area contributed by atoms with Gasteiger partial charge in [0, 0.05) is 30.5 Å². The van der Waals surface area contributed by atoms with Gasteiger partial charge < -0.3 is 30.2 Å². The number of carbonyl (C=O) groups is 4. The van der Waals surface area contributed by atoms with Gasteiger partial charge >= 0.3 is 11.9 Å². The van der Waals surface area contributed by atoms with E-state index in [1.807, 2.05) is 26.2 Å². The summed E-state index contributed by atoms with van der Waals surface area (Å²) < 4.78 is 5.75. The Labute approximate surface area is 190 Å². The van der Waals surface area contributed by atoms with Crippen LogP contribution < -0.4 is 10.6 Å². The molecule has 0 aliphatic carbocycles. The highest BCUT2D eigenvalue weighted by molar-refractivity contribution is 7.98. The quantitative estimate of drug-likeness (QED) is 0.323. The summed E-state index contributed by atoms with van der Waals surface area (Å²) >= 11 is 1.71. The maximum Gasteiger partial charge on any atom is 0.414 e. The molecule has 2 amide bonds. The van der Waals surface area contributed by atoms with E-state index in [1.54, 1.807) is 36.0 Å². The SMILES string of the molecule is CC(=O)Nc1cccc(C(=O)NCCSCc2ccc(CN(C)C)o2)c1.O=C(O)C(=O)O. The number of hydrogen-bond acceptors (Lipinski definition) is 7. The molecule has 0 saturated carbocycles.